The Morgan fingerprint density at radius 2 is 1.46 bits per heavy atom. The molecular formula is C24H39F5N2O8S2. The summed E-state index contributed by atoms with van der Waals surface area (Å²) in [5, 5.41) is 6.03. The molecule has 1 aromatic rings. The number of aromatic nitrogens is 1. The maximum absolute atomic E-state index is 13.1. The molecule has 0 saturated carbocycles. The molecule has 0 bridgehead atoms. The van der Waals surface area contributed by atoms with Gasteiger partial charge in [0.05, 0.1) is 11.4 Å². The first-order valence-electron chi connectivity index (χ1n) is 12.5. The monoisotopic (exact) mass is 642 g/mol. The predicted octanol–water partition coefficient (Wildman–Crippen LogP) is 5.93. The van der Waals surface area contributed by atoms with Gasteiger partial charge in [-0.1, -0.05) is 19.0 Å². The molecule has 0 aliphatic heterocycles. The van der Waals surface area contributed by atoms with E-state index in [0.717, 1.165) is 13.8 Å². The third kappa shape index (κ3) is 10.4. The van der Waals surface area contributed by atoms with Gasteiger partial charge in [0.1, 0.15) is 11.4 Å². The van der Waals surface area contributed by atoms with Crippen molar-refractivity contribution < 1.29 is 58.3 Å². The number of anilines is 1. The predicted molar refractivity (Wildman–Crippen MR) is 144 cm³/mol. The van der Waals surface area contributed by atoms with Crippen LogP contribution in [0, 0.1) is 0 Å². The van der Waals surface area contributed by atoms with Gasteiger partial charge in [-0.05, 0) is 47.5 Å². The fraction of sp³-hybridized carbons (Fsp3) is 0.792. The zero-order valence-electron chi connectivity index (χ0n) is 24.0. The van der Waals surface area contributed by atoms with E-state index in [1.165, 1.54) is 19.9 Å². The van der Waals surface area contributed by atoms with E-state index in [4.69, 9.17) is 9.26 Å². The van der Waals surface area contributed by atoms with E-state index >= 15 is 0 Å². The van der Waals surface area contributed by atoms with Crippen LogP contribution in [0.1, 0.15) is 79.8 Å². The zero-order chi connectivity index (χ0) is 32.3. The number of nitrogens with one attached hydrogen (secondary N) is 1. The highest BCUT2D eigenvalue weighted by Crippen LogP contribution is 2.53. The molecule has 0 aliphatic rings. The number of carbonyl (C=O) groups is 2. The Hall–Kier alpha value is -1.98. The molecule has 10 nitrogen and oxygen atoms in total. The van der Waals surface area contributed by atoms with Crippen molar-refractivity contribution in [1.82, 2.24) is 5.16 Å². The molecule has 1 rings (SSSR count). The number of rotatable bonds is 15. The van der Waals surface area contributed by atoms with Gasteiger partial charge in [0.25, 0.3) is 0 Å². The molecule has 1 heterocycles. The second-order valence-corrected chi connectivity index (χ2v) is 17.0. The van der Waals surface area contributed by atoms with Crippen LogP contribution in [-0.4, -0.2) is 74.3 Å². The number of carbonyl (C=O) groups excluding carboxylic acids is 2. The average Bonchev–Trinajstić information content (AvgIpc) is 3.24. The maximum Gasteiger partial charge on any atom is 0.389 e. The molecule has 1 aromatic heterocycles. The first-order valence-corrected chi connectivity index (χ1v) is 15.9. The molecule has 0 radical (unpaired) electrons. The molecule has 3 N–H and O–H groups in total. The smallest absolute Gasteiger partial charge is 0.389 e. The molecule has 0 saturated heterocycles. The van der Waals surface area contributed by atoms with E-state index in [1.54, 1.807) is 13.8 Å². The summed E-state index contributed by atoms with van der Waals surface area (Å²) in [6.07, 6.45) is -7.38. The Labute approximate surface area is 238 Å². The van der Waals surface area contributed by atoms with Crippen LogP contribution in [0.15, 0.2) is 10.6 Å². The highest BCUT2D eigenvalue weighted by molar-refractivity contribution is 8.26. The van der Waals surface area contributed by atoms with Crippen molar-refractivity contribution in [2.75, 3.05) is 23.4 Å². The summed E-state index contributed by atoms with van der Waals surface area (Å²) in [4.78, 5) is 25.4. The van der Waals surface area contributed by atoms with Gasteiger partial charge in [0, 0.05) is 30.1 Å². The van der Waals surface area contributed by atoms with Crippen molar-refractivity contribution in [2.24, 2.45) is 0 Å². The number of halogens is 5. The Bertz CT molecular complexity index is 1170. The third-order valence-electron chi connectivity index (χ3n) is 6.56. The van der Waals surface area contributed by atoms with Crippen molar-refractivity contribution in [2.45, 2.75) is 101 Å². The lowest BCUT2D eigenvalue weighted by atomic mass is 9.90. The molecular weight excluding hydrogens is 603 g/mol. The summed E-state index contributed by atoms with van der Waals surface area (Å²) in [5.41, 5.74) is -0.911. The second-order valence-electron chi connectivity index (χ2n) is 11.6. The minimum absolute atomic E-state index is 0.154. The third-order valence-corrected chi connectivity index (χ3v) is 11.8. The van der Waals surface area contributed by atoms with E-state index in [2.05, 4.69) is 10.5 Å². The van der Waals surface area contributed by atoms with E-state index in [0.29, 0.717) is 6.92 Å². The first kappa shape index (κ1) is 37.0. The maximum atomic E-state index is 13.1. The van der Waals surface area contributed by atoms with Crippen LogP contribution in [0.2, 0.25) is 0 Å². The van der Waals surface area contributed by atoms with Crippen LogP contribution in [0.25, 0.3) is 0 Å². The minimum Gasteiger partial charge on any atom is -0.463 e. The van der Waals surface area contributed by atoms with Gasteiger partial charge in [-0.15, -0.1) is 0 Å². The minimum atomic E-state index is -4.54. The normalized spacial score (nSPS) is 14.6. The fourth-order valence-electron chi connectivity index (χ4n) is 3.24. The lowest BCUT2D eigenvalue weighted by Gasteiger charge is -2.44. The summed E-state index contributed by atoms with van der Waals surface area (Å²) in [6, 6.07) is 1.24. The van der Waals surface area contributed by atoms with Gasteiger partial charge in [0.15, 0.2) is 14.6 Å². The Kier molecular flexibility index (Phi) is 11.5. The fourth-order valence-corrected chi connectivity index (χ4v) is 5.99. The number of hydrogen-bond acceptors (Lipinski definition) is 9. The standard InChI is InChI=1S/C24H39F5N2O8S2/c1-20(2,15-38-19(33)22(5,6)41(36,37)12-8-10-23(7,25)26)16-14-17(39-31-16)30-18(32)21(3,4)40(34,35)13-9-11-24(27,28)29/h14,36-37H,8-13,15H2,1-7H3,(H,30,32). The molecule has 41 heavy (non-hydrogen) atoms. The van der Waals surface area contributed by atoms with Crippen molar-refractivity contribution in [3.63, 3.8) is 0 Å². The first-order chi connectivity index (χ1) is 18.1. The van der Waals surface area contributed by atoms with E-state index in [1.807, 2.05) is 0 Å². The van der Waals surface area contributed by atoms with Crippen LogP contribution in [0.3, 0.4) is 0 Å². The van der Waals surface area contributed by atoms with E-state index in [-0.39, 0.29) is 24.6 Å². The lowest BCUT2D eigenvalue weighted by Crippen LogP contribution is -2.45. The average molecular weight is 643 g/mol. The molecule has 0 aliphatic carbocycles. The van der Waals surface area contributed by atoms with Gasteiger partial charge in [-0.2, -0.15) is 23.8 Å². The van der Waals surface area contributed by atoms with Crippen LogP contribution in [0.4, 0.5) is 27.8 Å². The Morgan fingerprint density at radius 1 is 0.927 bits per heavy atom. The SMILES string of the molecule is CC(F)(F)CCCS(O)(O)C(C)(C)C(=O)OCC(C)(C)c1cc(NC(=O)C(C)(C)S(=O)(=O)CCCC(F)(F)F)on1. The van der Waals surface area contributed by atoms with Crippen molar-refractivity contribution in [3.8, 4) is 0 Å². The van der Waals surface area contributed by atoms with E-state index in [9.17, 15) is 49.1 Å². The summed E-state index contributed by atoms with van der Waals surface area (Å²) in [5.74, 6) is -6.62. The van der Waals surface area contributed by atoms with Crippen molar-refractivity contribution >= 4 is 38.2 Å². The Morgan fingerprint density at radius 3 is 1.98 bits per heavy atom. The van der Waals surface area contributed by atoms with Gasteiger partial charge < -0.3 is 9.26 Å². The van der Waals surface area contributed by atoms with Gasteiger partial charge >= 0.3 is 12.1 Å². The lowest BCUT2D eigenvalue weighted by molar-refractivity contribution is -0.147. The summed E-state index contributed by atoms with van der Waals surface area (Å²) >= 11 is 0. The number of hydrogen-bond donors (Lipinski definition) is 3. The number of nitrogens with zero attached hydrogens (tertiary/aromatic N) is 1. The van der Waals surface area contributed by atoms with Crippen LogP contribution in [0.5, 0.6) is 0 Å². The van der Waals surface area contributed by atoms with Crippen LogP contribution >= 0.6 is 10.6 Å². The highest BCUT2D eigenvalue weighted by atomic mass is 32.3. The summed E-state index contributed by atoms with van der Waals surface area (Å²) in [7, 11) is -7.95. The largest absolute Gasteiger partial charge is 0.463 e. The quantitative estimate of drug-likeness (QED) is 0.156. The van der Waals surface area contributed by atoms with E-state index < -0.39 is 90.1 Å². The molecule has 240 valence electrons. The zero-order valence-corrected chi connectivity index (χ0v) is 25.7. The summed E-state index contributed by atoms with van der Waals surface area (Å²) < 4.78 is 116. The number of amides is 1. The molecule has 0 aromatic carbocycles. The number of alkyl halides is 5. The topological polar surface area (TPSA) is 156 Å². The molecule has 0 fully saturated rings. The number of ether oxygens (including phenoxy) is 1. The van der Waals surface area contributed by atoms with Crippen LogP contribution in [-0.2, 0) is 29.6 Å². The van der Waals surface area contributed by atoms with Gasteiger partial charge in [-0.25, -0.2) is 22.0 Å². The highest BCUT2D eigenvalue weighted by Gasteiger charge is 2.45. The van der Waals surface area contributed by atoms with Crippen LogP contribution < -0.4 is 5.32 Å². The molecule has 1 amide bonds. The molecule has 0 spiro atoms. The number of esters is 1. The van der Waals surface area contributed by atoms with Gasteiger partial charge in [-0.3, -0.25) is 19.2 Å². The molecule has 0 atom stereocenters. The number of sulfone groups is 1. The molecule has 0 unspecified atom stereocenters. The molecule has 17 heteroatoms. The Balaban J connectivity index is 2.86. The summed E-state index contributed by atoms with van der Waals surface area (Å²) in [6.45, 7) is 8.05. The van der Waals surface area contributed by atoms with Gasteiger partial charge in [0.2, 0.25) is 17.7 Å². The van der Waals surface area contributed by atoms with Crippen molar-refractivity contribution in [3.05, 3.63) is 11.8 Å². The van der Waals surface area contributed by atoms with Crippen molar-refractivity contribution in [1.29, 1.82) is 0 Å². The second kappa shape index (κ2) is 12.7.